The first-order valence-corrected chi connectivity index (χ1v) is 10.6. The summed E-state index contributed by atoms with van der Waals surface area (Å²) < 4.78 is 11.8. The fraction of sp³-hybridized carbons (Fsp3) is 0.348. The minimum absolute atomic E-state index is 0.0175. The number of ether oxygens (including phenoxy) is 2. The summed E-state index contributed by atoms with van der Waals surface area (Å²) >= 11 is 12.2. The van der Waals surface area contributed by atoms with Crippen molar-refractivity contribution in [3.8, 4) is 11.5 Å². The number of halogens is 2. The Morgan fingerprint density at radius 3 is 2.55 bits per heavy atom. The Labute approximate surface area is 179 Å². The number of hydrogen-bond donors (Lipinski definition) is 1. The molecule has 1 N–H and O–H groups in total. The Bertz CT molecular complexity index is 1050. The molecule has 5 rings (SSSR count). The van der Waals surface area contributed by atoms with E-state index in [1.165, 1.54) is 0 Å². The van der Waals surface area contributed by atoms with Crippen molar-refractivity contribution in [2.24, 2.45) is 11.8 Å². The molecule has 0 unspecified atom stereocenters. The summed E-state index contributed by atoms with van der Waals surface area (Å²) in [6, 6.07) is 10.6. The Hall–Kier alpha value is -2.01. The molecule has 2 aromatic rings. The summed E-state index contributed by atoms with van der Waals surface area (Å²) in [5.74, 6) is 0.705. The Morgan fingerprint density at radius 2 is 1.86 bits per heavy atom. The highest BCUT2D eigenvalue weighted by Crippen LogP contribution is 2.54. The molecule has 0 amide bonds. The van der Waals surface area contributed by atoms with E-state index in [2.05, 4.69) is 0 Å². The fourth-order valence-electron chi connectivity index (χ4n) is 4.93. The highest BCUT2D eigenvalue weighted by molar-refractivity contribution is 6.35. The summed E-state index contributed by atoms with van der Waals surface area (Å²) in [6.45, 7) is 2.03. The molecule has 2 aromatic carbocycles. The SMILES string of the molecule is CCc1ccc(Oc2ccc(Cl)cc2Cl)cc1C1=C(O)[C@H]2[C@@H](C1=O)[C@H]1CC[C@@H]2O1. The number of allylic oxidation sites excluding steroid dienone is 1. The van der Waals surface area contributed by atoms with Crippen molar-refractivity contribution in [3.05, 3.63) is 63.3 Å². The van der Waals surface area contributed by atoms with E-state index in [9.17, 15) is 9.90 Å². The van der Waals surface area contributed by atoms with Crippen molar-refractivity contribution in [1.82, 2.24) is 0 Å². The molecular formula is C23H20Cl2O4. The molecule has 4 nitrogen and oxygen atoms in total. The molecule has 2 heterocycles. The number of fused-ring (bicyclic) bond motifs is 5. The first-order valence-electron chi connectivity index (χ1n) is 9.87. The van der Waals surface area contributed by atoms with Gasteiger partial charge in [0.25, 0.3) is 0 Å². The third kappa shape index (κ3) is 2.97. The van der Waals surface area contributed by atoms with Crippen LogP contribution in [0.3, 0.4) is 0 Å². The largest absolute Gasteiger partial charge is 0.511 e. The van der Waals surface area contributed by atoms with Gasteiger partial charge in [0, 0.05) is 5.02 Å². The lowest BCUT2D eigenvalue weighted by molar-refractivity contribution is -0.118. The number of aryl methyl sites for hydroxylation is 1. The van der Waals surface area contributed by atoms with Crippen molar-refractivity contribution in [2.45, 2.75) is 38.4 Å². The first-order chi connectivity index (χ1) is 14.0. The van der Waals surface area contributed by atoms with E-state index in [0.717, 1.165) is 30.4 Å². The van der Waals surface area contributed by atoms with E-state index in [4.69, 9.17) is 32.7 Å². The van der Waals surface area contributed by atoms with Crippen LogP contribution < -0.4 is 4.74 Å². The second-order valence-corrected chi connectivity index (χ2v) is 8.66. The highest BCUT2D eigenvalue weighted by atomic mass is 35.5. The summed E-state index contributed by atoms with van der Waals surface area (Å²) in [7, 11) is 0. The van der Waals surface area contributed by atoms with Crippen LogP contribution in [0.2, 0.25) is 10.0 Å². The van der Waals surface area contributed by atoms with Gasteiger partial charge in [0.2, 0.25) is 0 Å². The van der Waals surface area contributed by atoms with Crippen LogP contribution in [0.15, 0.2) is 42.2 Å². The third-order valence-corrected chi connectivity index (χ3v) is 6.78. The fourth-order valence-corrected chi connectivity index (χ4v) is 5.38. The maximum atomic E-state index is 13.2. The maximum absolute atomic E-state index is 13.2. The number of carbonyl (C=O) groups excluding carboxylic acids is 1. The number of aliphatic hydroxyl groups is 1. The molecule has 2 fully saturated rings. The van der Waals surface area contributed by atoms with Gasteiger partial charge in [0.05, 0.1) is 34.6 Å². The molecule has 0 spiro atoms. The van der Waals surface area contributed by atoms with E-state index in [1.807, 2.05) is 25.1 Å². The van der Waals surface area contributed by atoms with Crippen LogP contribution in [0.25, 0.3) is 5.57 Å². The number of carbonyl (C=O) groups is 1. The van der Waals surface area contributed by atoms with E-state index >= 15 is 0 Å². The van der Waals surface area contributed by atoms with Gasteiger partial charge in [-0.05, 0) is 60.7 Å². The lowest BCUT2D eigenvalue weighted by Gasteiger charge is -2.19. The van der Waals surface area contributed by atoms with Crippen molar-refractivity contribution >= 4 is 34.6 Å². The van der Waals surface area contributed by atoms with Gasteiger partial charge in [0.15, 0.2) is 5.78 Å². The third-order valence-electron chi connectivity index (χ3n) is 6.25. The second-order valence-electron chi connectivity index (χ2n) is 7.82. The number of aliphatic hydroxyl groups excluding tert-OH is 1. The molecule has 1 aliphatic carbocycles. The van der Waals surface area contributed by atoms with E-state index in [1.54, 1.807) is 18.2 Å². The minimum atomic E-state index is -0.260. The average Bonchev–Trinajstić information content (AvgIpc) is 3.38. The Kier molecular flexibility index (Phi) is 4.61. The van der Waals surface area contributed by atoms with Gasteiger partial charge in [-0.1, -0.05) is 36.2 Å². The zero-order valence-electron chi connectivity index (χ0n) is 15.8. The van der Waals surface area contributed by atoms with Gasteiger partial charge in [-0.3, -0.25) is 4.79 Å². The lowest BCUT2D eigenvalue weighted by atomic mass is 9.80. The van der Waals surface area contributed by atoms with Crippen LogP contribution >= 0.6 is 23.2 Å². The predicted octanol–water partition coefficient (Wildman–Crippen LogP) is 5.99. The van der Waals surface area contributed by atoms with Crippen molar-refractivity contribution < 1.29 is 19.4 Å². The summed E-state index contributed by atoms with van der Waals surface area (Å²) in [6.07, 6.45) is 2.39. The smallest absolute Gasteiger partial charge is 0.173 e. The number of ketones is 1. The van der Waals surface area contributed by atoms with Gasteiger partial charge in [0.1, 0.15) is 17.3 Å². The molecule has 150 valence electrons. The molecular weight excluding hydrogens is 411 g/mol. The quantitative estimate of drug-likeness (QED) is 0.646. The van der Waals surface area contributed by atoms with Gasteiger partial charge in [-0.25, -0.2) is 0 Å². The van der Waals surface area contributed by atoms with E-state index < -0.39 is 0 Å². The Balaban J connectivity index is 1.54. The Morgan fingerprint density at radius 1 is 1.10 bits per heavy atom. The van der Waals surface area contributed by atoms with Gasteiger partial charge in [-0.15, -0.1) is 0 Å². The van der Waals surface area contributed by atoms with Crippen molar-refractivity contribution in [1.29, 1.82) is 0 Å². The molecule has 3 aliphatic rings. The van der Waals surface area contributed by atoms with Crippen LogP contribution in [-0.2, 0) is 16.0 Å². The lowest BCUT2D eigenvalue weighted by Crippen LogP contribution is -2.29. The normalized spacial score (nSPS) is 27.6. The van der Waals surface area contributed by atoms with Crippen molar-refractivity contribution in [3.63, 3.8) is 0 Å². The molecule has 2 aliphatic heterocycles. The highest BCUT2D eigenvalue weighted by Gasteiger charge is 2.59. The maximum Gasteiger partial charge on any atom is 0.173 e. The molecule has 0 saturated carbocycles. The van der Waals surface area contributed by atoms with Crippen LogP contribution in [0.1, 0.15) is 30.9 Å². The number of Topliss-reactive ketones (excluding diaryl/α,β-unsaturated/α-hetero) is 1. The molecule has 4 atom stereocenters. The zero-order chi connectivity index (χ0) is 20.3. The van der Waals surface area contributed by atoms with Gasteiger partial charge >= 0.3 is 0 Å². The number of benzene rings is 2. The van der Waals surface area contributed by atoms with E-state index in [0.29, 0.717) is 27.1 Å². The summed E-state index contributed by atoms with van der Waals surface area (Å²) in [5.41, 5.74) is 2.14. The van der Waals surface area contributed by atoms with Crippen LogP contribution in [0.4, 0.5) is 0 Å². The summed E-state index contributed by atoms with van der Waals surface area (Å²) in [4.78, 5) is 13.2. The number of hydrogen-bond acceptors (Lipinski definition) is 4. The average molecular weight is 431 g/mol. The van der Waals surface area contributed by atoms with E-state index in [-0.39, 0.29) is 35.6 Å². The van der Waals surface area contributed by atoms with Gasteiger partial charge in [-0.2, -0.15) is 0 Å². The molecule has 2 bridgehead atoms. The van der Waals surface area contributed by atoms with Crippen LogP contribution in [0, 0.1) is 11.8 Å². The molecule has 6 heteroatoms. The zero-order valence-corrected chi connectivity index (χ0v) is 17.3. The minimum Gasteiger partial charge on any atom is -0.511 e. The number of rotatable bonds is 4. The topological polar surface area (TPSA) is 55.8 Å². The monoisotopic (exact) mass is 430 g/mol. The molecule has 0 radical (unpaired) electrons. The van der Waals surface area contributed by atoms with Crippen molar-refractivity contribution in [2.75, 3.05) is 0 Å². The molecule has 2 saturated heterocycles. The standard InChI is InChI=1S/C23H20Cl2O4/c1-2-11-3-5-13(28-16-6-4-12(24)9-15(16)25)10-14(11)19-22(26)20-17-7-8-18(29-17)21(20)23(19)27/h3-6,9-10,17-18,20-21,26H,2,7-8H2,1H3/t17-,18+,20+,21-/m0/s1. The molecule has 29 heavy (non-hydrogen) atoms. The van der Waals surface area contributed by atoms with Crippen LogP contribution in [0.5, 0.6) is 11.5 Å². The first kappa shape index (κ1) is 19.0. The second kappa shape index (κ2) is 7.05. The molecule has 0 aromatic heterocycles. The predicted molar refractivity (Wildman–Crippen MR) is 112 cm³/mol. The summed E-state index contributed by atoms with van der Waals surface area (Å²) in [5, 5.41) is 11.9. The van der Waals surface area contributed by atoms with Gasteiger partial charge < -0.3 is 14.6 Å². The van der Waals surface area contributed by atoms with Crippen LogP contribution in [-0.4, -0.2) is 23.1 Å².